The van der Waals surface area contributed by atoms with Gasteiger partial charge in [-0.05, 0) is 85.9 Å². The van der Waals surface area contributed by atoms with E-state index in [4.69, 9.17) is 4.74 Å². The molecule has 0 saturated carbocycles. The third kappa shape index (κ3) is 6.53. The van der Waals surface area contributed by atoms with Gasteiger partial charge in [0.2, 0.25) is 5.91 Å². The van der Waals surface area contributed by atoms with Crippen LogP contribution >= 0.6 is 15.9 Å². The summed E-state index contributed by atoms with van der Waals surface area (Å²) < 4.78 is 6.02. The van der Waals surface area contributed by atoms with Gasteiger partial charge in [0.05, 0.1) is 9.99 Å². The Balaban J connectivity index is 1.74. The number of rotatable bonds is 3. The smallest absolute Gasteiger partial charge is 0.410 e. The normalized spacial score (nSPS) is 11.8. The van der Waals surface area contributed by atoms with Crippen molar-refractivity contribution < 1.29 is 14.3 Å². The molecule has 33 heavy (non-hydrogen) atoms. The zero-order valence-electron chi connectivity index (χ0n) is 19.1. The van der Waals surface area contributed by atoms with E-state index in [9.17, 15) is 9.59 Å². The number of hydrogen-bond acceptors (Lipinski definition) is 5. The lowest BCUT2D eigenvalue weighted by atomic mass is 10.1. The summed E-state index contributed by atoms with van der Waals surface area (Å²) >= 11 is 3.45. The molecule has 8 heteroatoms. The van der Waals surface area contributed by atoms with Gasteiger partial charge >= 0.3 is 6.09 Å². The third-order valence-corrected chi connectivity index (χ3v) is 5.31. The van der Waals surface area contributed by atoms with Crippen LogP contribution in [0.1, 0.15) is 39.0 Å². The van der Waals surface area contributed by atoms with Crippen molar-refractivity contribution in [2.24, 2.45) is 0 Å². The molecule has 1 unspecified atom stereocenters. The van der Waals surface area contributed by atoms with Gasteiger partial charge < -0.3 is 10.1 Å². The number of carbonyl (C=O) groups is 2. The van der Waals surface area contributed by atoms with Crippen LogP contribution in [0.25, 0.3) is 10.9 Å². The molecule has 2 heterocycles. The van der Waals surface area contributed by atoms with Gasteiger partial charge in [0, 0.05) is 24.2 Å². The average Bonchev–Trinajstić information content (AvgIpc) is 2.77. The molecular weight excluding hydrogens is 484 g/mol. The lowest BCUT2D eigenvalue weighted by molar-refractivity contribution is -0.120. The van der Waals surface area contributed by atoms with Crippen LogP contribution in [0.5, 0.6) is 0 Å². The van der Waals surface area contributed by atoms with Gasteiger partial charge in [-0.3, -0.25) is 14.7 Å². The molecule has 0 aliphatic heterocycles. The second kappa shape index (κ2) is 10.0. The Morgan fingerprint density at radius 3 is 2.64 bits per heavy atom. The first-order valence-corrected chi connectivity index (χ1v) is 11.1. The third-order valence-electron chi connectivity index (χ3n) is 4.67. The summed E-state index contributed by atoms with van der Waals surface area (Å²) in [4.78, 5) is 34.9. The maximum atomic E-state index is 12.7. The summed E-state index contributed by atoms with van der Waals surface area (Å²) in [6.07, 6.45) is 1.17. The Morgan fingerprint density at radius 1 is 1.15 bits per heavy atom. The zero-order chi connectivity index (χ0) is 24.2. The summed E-state index contributed by atoms with van der Waals surface area (Å²) in [6, 6.07) is 12.3. The lowest BCUT2D eigenvalue weighted by Gasteiger charge is -2.28. The fraction of sp³-hybridized carbons (Fsp3) is 0.280. The molecular formula is C25H25BrN4O3. The van der Waals surface area contributed by atoms with E-state index >= 15 is 0 Å². The van der Waals surface area contributed by atoms with Crippen molar-refractivity contribution in [3.8, 4) is 11.8 Å². The minimum atomic E-state index is -0.758. The molecule has 3 rings (SSSR count). The maximum absolute atomic E-state index is 12.7. The van der Waals surface area contributed by atoms with E-state index in [1.54, 1.807) is 46.0 Å². The van der Waals surface area contributed by atoms with Crippen LogP contribution in [0.3, 0.4) is 0 Å². The van der Waals surface area contributed by atoms with Gasteiger partial charge in [0.25, 0.3) is 0 Å². The van der Waals surface area contributed by atoms with Crippen LogP contribution < -0.4 is 5.32 Å². The van der Waals surface area contributed by atoms with Crippen molar-refractivity contribution in [3.63, 3.8) is 0 Å². The van der Waals surface area contributed by atoms with Crippen LogP contribution in [0.4, 0.5) is 10.6 Å². The monoisotopic (exact) mass is 508 g/mol. The lowest BCUT2D eigenvalue weighted by Crippen LogP contribution is -2.45. The van der Waals surface area contributed by atoms with Crippen LogP contribution in [-0.4, -0.2) is 45.6 Å². The van der Waals surface area contributed by atoms with Gasteiger partial charge in [-0.2, -0.15) is 0 Å². The first-order valence-electron chi connectivity index (χ1n) is 10.3. The quantitative estimate of drug-likeness (QED) is 0.504. The predicted octanol–water partition coefficient (Wildman–Crippen LogP) is 4.99. The molecule has 1 aromatic carbocycles. The molecule has 2 aromatic heterocycles. The molecule has 0 spiro atoms. The Hall–Kier alpha value is -3.44. The number of likely N-dealkylation sites (N-methyl/N-ethyl adjacent to an activating group) is 1. The number of nitrogens with one attached hydrogen (secondary N) is 1. The van der Waals surface area contributed by atoms with Crippen molar-refractivity contribution in [1.29, 1.82) is 0 Å². The summed E-state index contributed by atoms with van der Waals surface area (Å²) in [5, 5.41) is 3.73. The highest BCUT2D eigenvalue weighted by Gasteiger charge is 2.27. The molecule has 7 nitrogen and oxygen atoms in total. The molecule has 0 saturated heterocycles. The topological polar surface area (TPSA) is 84.4 Å². The molecule has 0 fully saturated rings. The Morgan fingerprint density at radius 2 is 1.91 bits per heavy atom. The van der Waals surface area contributed by atoms with Crippen molar-refractivity contribution >= 4 is 44.7 Å². The standard InChI is InChI=1S/C25H25BrN4O3/c1-16(30(5)24(32)33-25(2,3)4)23(31)29-22-13-10-19(26)21(28-22)12-9-17-8-11-20-18(15-17)7-6-14-27-20/h6-8,10-11,13-16H,1-5H3,(H,28,29,31). The van der Waals surface area contributed by atoms with E-state index in [0.717, 1.165) is 16.5 Å². The highest BCUT2D eigenvalue weighted by molar-refractivity contribution is 9.10. The number of halogens is 1. The number of benzene rings is 1. The molecule has 170 valence electrons. The van der Waals surface area contributed by atoms with Crippen LogP contribution in [-0.2, 0) is 9.53 Å². The fourth-order valence-electron chi connectivity index (χ4n) is 2.78. The Kier molecular flexibility index (Phi) is 7.34. The maximum Gasteiger partial charge on any atom is 0.410 e. The summed E-state index contributed by atoms with van der Waals surface area (Å²) in [7, 11) is 1.52. The fourth-order valence-corrected chi connectivity index (χ4v) is 3.10. The average molecular weight is 509 g/mol. The van der Waals surface area contributed by atoms with Crippen LogP contribution in [0.15, 0.2) is 53.1 Å². The van der Waals surface area contributed by atoms with Crippen molar-refractivity contribution in [1.82, 2.24) is 14.9 Å². The number of fused-ring (bicyclic) bond motifs is 1. The summed E-state index contributed by atoms with van der Waals surface area (Å²) in [6.45, 7) is 6.93. The molecule has 3 aromatic rings. The molecule has 0 bridgehead atoms. The number of carbonyl (C=O) groups excluding carboxylic acids is 2. The Labute approximate surface area is 201 Å². The molecule has 2 amide bonds. The molecule has 0 aliphatic carbocycles. The highest BCUT2D eigenvalue weighted by atomic mass is 79.9. The van der Waals surface area contributed by atoms with Gasteiger partial charge in [-0.25, -0.2) is 9.78 Å². The van der Waals surface area contributed by atoms with E-state index in [2.05, 4.69) is 43.1 Å². The SMILES string of the molecule is CC(C(=O)Nc1ccc(Br)c(C#Cc2ccc3ncccc3c2)n1)N(C)C(=O)OC(C)(C)C. The van der Waals surface area contributed by atoms with Crippen LogP contribution in [0.2, 0.25) is 0 Å². The largest absolute Gasteiger partial charge is 0.444 e. The number of anilines is 1. The molecule has 1 atom stereocenters. The second-order valence-electron chi connectivity index (χ2n) is 8.44. The molecule has 0 aliphatic rings. The van der Waals surface area contributed by atoms with Gasteiger partial charge in [-0.1, -0.05) is 12.0 Å². The Bertz CT molecular complexity index is 1260. The predicted molar refractivity (Wildman–Crippen MR) is 132 cm³/mol. The van der Waals surface area contributed by atoms with Crippen molar-refractivity contribution in [2.45, 2.75) is 39.3 Å². The first kappa shape index (κ1) is 24.2. The summed E-state index contributed by atoms with van der Waals surface area (Å²) in [5.74, 6) is 6.08. The minimum Gasteiger partial charge on any atom is -0.444 e. The van der Waals surface area contributed by atoms with E-state index in [1.807, 2.05) is 30.3 Å². The van der Waals surface area contributed by atoms with E-state index in [-0.39, 0.29) is 5.91 Å². The highest BCUT2D eigenvalue weighted by Crippen LogP contribution is 2.18. The molecule has 1 N–H and O–H groups in total. The zero-order valence-corrected chi connectivity index (χ0v) is 20.7. The van der Waals surface area contributed by atoms with E-state index < -0.39 is 17.7 Å². The van der Waals surface area contributed by atoms with Crippen LogP contribution in [0, 0.1) is 11.8 Å². The number of aromatic nitrogens is 2. The molecule has 0 radical (unpaired) electrons. The number of amides is 2. The second-order valence-corrected chi connectivity index (χ2v) is 9.30. The van der Waals surface area contributed by atoms with Gasteiger partial charge in [0.15, 0.2) is 0 Å². The van der Waals surface area contributed by atoms with Gasteiger partial charge in [-0.15, -0.1) is 0 Å². The van der Waals surface area contributed by atoms with Gasteiger partial charge in [0.1, 0.15) is 23.2 Å². The number of hydrogen-bond donors (Lipinski definition) is 1. The number of pyridine rings is 2. The summed E-state index contributed by atoms with van der Waals surface area (Å²) in [5.41, 5.74) is 1.56. The van der Waals surface area contributed by atoms with E-state index in [1.165, 1.54) is 11.9 Å². The number of nitrogens with zero attached hydrogens (tertiary/aromatic N) is 3. The minimum absolute atomic E-state index is 0.333. The van der Waals surface area contributed by atoms with E-state index in [0.29, 0.717) is 16.0 Å². The van der Waals surface area contributed by atoms with Crippen molar-refractivity contribution in [3.05, 3.63) is 64.4 Å². The first-order chi connectivity index (χ1) is 15.5. The van der Waals surface area contributed by atoms with Crippen molar-refractivity contribution in [2.75, 3.05) is 12.4 Å². The number of ether oxygens (including phenoxy) is 1.